The summed E-state index contributed by atoms with van der Waals surface area (Å²) in [6.07, 6.45) is 2.87. The standard InChI is InChI=1S/C22H21N3O5S/c1-2-12-23-31(28,29)15-16-8-10-18(11-9-16)24-21(26)17-5-3-6-19(14-17)25-22(27)20-7-4-13-30-20/h2-11,13-14,23H,1,12,15H2,(H,24,26)(H,25,27). The molecule has 2 amide bonds. The number of carbonyl (C=O) groups is 2. The number of furan rings is 1. The quantitative estimate of drug-likeness (QED) is 0.442. The van der Waals surface area contributed by atoms with Crippen molar-refractivity contribution in [2.75, 3.05) is 17.2 Å². The SMILES string of the molecule is C=CCNS(=O)(=O)Cc1ccc(NC(=O)c2cccc(NC(=O)c3ccco3)c2)cc1. The molecule has 2 aromatic carbocycles. The molecular formula is C22H21N3O5S. The summed E-state index contributed by atoms with van der Waals surface area (Å²) in [5.41, 5.74) is 1.88. The first-order valence-electron chi connectivity index (χ1n) is 9.30. The Morgan fingerprint density at radius 1 is 0.935 bits per heavy atom. The third kappa shape index (κ3) is 6.39. The average Bonchev–Trinajstić information content (AvgIpc) is 3.29. The van der Waals surface area contributed by atoms with E-state index in [-0.39, 0.29) is 24.0 Å². The topological polar surface area (TPSA) is 118 Å². The minimum absolute atomic E-state index is 0.164. The van der Waals surface area contributed by atoms with Crippen molar-refractivity contribution in [1.82, 2.24) is 4.72 Å². The Hall–Kier alpha value is -3.69. The van der Waals surface area contributed by atoms with Gasteiger partial charge in [0.25, 0.3) is 11.8 Å². The summed E-state index contributed by atoms with van der Waals surface area (Å²) in [7, 11) is -3.46. The van der Waals surface area contributed by atoms with Gasteiger partial charge in [0.05, 0.1) is 12.0 Å². The van der Waals surface area contributed by atoms with Crippen LogP contribution in [0.25, 0.3) is 0 Å². The molecule has 0 bridgehead atoms. The van der Waals surface area contributed by atoms with Crippen LogP contribution in [0, 0.1) is 0 Å². The third-order valence-corrected chi connectivity index (χ3v) is 5.46. The maximum Gasteiger partial charge on any atom is 0.291 e. The Morgan fingerprint density at radius 2 is 1.68 bits per heavy atom. The number of benzene rings is 2. The molecule has 160 valence electrons. The first-order chi connectivity index (χ1) is 14.9. The summed E-state index contributed by atoms with van der Waals surface area (Å²) < 4.78 is 31.3. The zero-order chi connectivity index (χ0) is 22.3. The molecule has 0 aliphatic carbocycles. The fourth-order valence-electron chi connectivity index (χ4n) is 2.68. The molecule has 9 heteroatoms. The molecule has 3 rings (SSSR count). The Kier molecular flexibility index (Phi) is 7.01. The summed E-state index contributed by atoms with van der Waals surface area (Å²) in [6, 6.07) is 16.1. The number of nitrogens with one attached hydrogen (secondary N) is 3. The van der Waals surface area contributed by atoms with Gasteiger partial charge in [-0.2, -0.15) is 0 Å². The summed E-state index contributed by atoms with van der Waals surface area (Å²) >= 11 is 0. The lowest BCUT2D eigenvalue weighted by Gasteiger charge is -2.09. The highest BCUT2D eigenvalue weighted by atomic mass is 32.2. The van der Waals surface area contributed by atoms with Crippen molar-refractivity contribution in [1.29, 1.82) is 0 Å². The largest absolute Gasteiger partial charge is 0.459 e. The van der Waals surface area contributed by atoms with Crippen LogP contribution in [0.2, 0.25) is 0 Å². The molecule has 1 heterocycles. The Morgan fingerprint density at radius 3 is 2.35 bits per heavy atom. The van der Waals surface area contributed by atoms with E-state index >= 15 is 0 Å². The van der Waals surface area contributed by atoms with Crippen molar-refractivity contribution >= 4 is 33.2 Å². The molecule has 0 spiro atoms. The van der Waals surface area contributed by atoms with Gasteiger partial charge in [0.1, 0.15) is 0 Å². The number of amides is 2. The first kappa shape index (κ1) is 22.0. The lowest BCUT2D eigenvalue weighted by Crippen LogP contribution is -2.25. The second-order valence-electron chi connectivity index (χ2n) is 6.56. The van der Waals surface area contributed by atoms with Gasteiger partial charge >= 0.3 is 0 Å². The van der Waals surface area contributed by atoms with Crippen LogP contribution in [0.3, 0.4) is 0 Å². The number of anilines is 2. The minimum Gasteiger partial charge on any atom is -0.459 e. The van der Waals surface area contributed by atoms with Gasteiger partial charge in [-0.25, -0.2) is 13.1 Å². The van der Waals surface area contributed by atoms with Crippen molar-refractivity contribution < 1.29 is 22.4 Å². The Labute approximate surface area is 180 Å². The van der Waals surface area contributed by atoms with Crippen molar-refractivity contribution in [2.24, 2.45) is 0 Å². The number of carbonyl (C=O) groups excluding carboxylic acids is 2. The van der Waals surface area contributed by atoms with Gasteiger partial charge in [0.2, 0.25) is 10.0 Å². The van der Waals surface area contributed by atoms with Crippen molar-refractivity contribution in [2.45, 2.75) is 5.75 Å². The molecule has 0 radical (unpaired) electrons. The van der Waals surface area contributed by atoms with Gasteiger partial charge in [0.15, 0.2) is 5.76 Å². The molecule has 1 aromatic heterocycles. The van der Waals surface area contributed by atoms with Crippen molar-refractivity contribution in [3.8, 4) is 0 Å². The number of hydrogen-bond acceptors (Lipinski definition) is 5. The van der Waals surface area contributed by atoms with Crippen LogP contribution in [0.5, 0.6) is 0 Å². The fourth-order valence-corrected chi connectivity index (χ4v) is 3.79. The van der Waals surface area contributed by atoms with E-state index in [1.54, 1.807) is 54.6 Å². The maximum absolute atomic E-state index is 12.6. The van der Waals surface area contributed by atoms with Crippen LogP contribution >= 0.6 is 0 Å². The number of hydrogen-bond donors (Lipinski definition) is 3. The molecule has 0 saturated heterocycles. The third-order valence-electron chi connectivity index (χ3n) is 4.14. The summed E-state index contributed by atoms with van der Waals surface area (Å²) in [5, 5.41) is 5.41. The van der Waals surface area contributed by atoms with Crippen LogP contribution in [0.15, 0.2) is 84.0 Å². The van der Waals surface area contributed by atoms with Crippen LogP contribution in [-0.4, -0.2) is 26.8 Å². The highest BCUT2D eigenvalue weighted by molar-refractivity contribution is 7.88. The Bertz CT molecular complexity index is 1170. The first-order valence-corrected chi connectivity index (χ1v) is 10.9. The predicted octanol–water partition coefficient (Wildman–Crippen LogP) is 3.39. The molecule has 0 saturated carbocycles. The fraction of sp³-hybridized carbons (Fsp3) is 0.0909. The van der Waals surface area contributed by atoms with E-state index in [4.69, 9.17) is 4.42 Å². The van der Waals surface area contributed by atoms with Gasteiger partial charge in [-0.3, -0.25) is 9.59 Å². The van der Waals surface area contributed by atoms with Crippen LogP contribution in [0.4, 0.5) is 11.4 Å². The van der Waals surface area contributed by atoms with E-state index in [1.165, 1.54) is 18.4 Å². The number of sulfonamides is 1. The van der Waals surface area contributed by atoms with Crippen molar-refractivity contribution in [3.63, 3.8) is 0 Å². The van der Waals surface area contributed by atoms with Crippen LogP contribution < -0.4 is 15.4 Å². The van der Waals surface area contributed by atoms with E-state index in [0.717, 1.165) is 0 Å². The predicted molar refractivity (Wildman–Crippen MR) is 118 cm³/mol. The monoisotopic (exact) mass is 439 g/mol. The van der Waals surface area contributed by atoms with Crippen LogP contribution in [-0.2, 0) is 15.8 Å². The van der Waals surface area contributed by atoms with E-state index in [2.05, 4.69) is 21.9 Å². The molecule has 0 unspecified atom stereocenters. The normalized spacial score (nSPS) is 11.0. The molecule has 8 nitrogen and oxygen atoms in total. The summed E-state index contributed by atoms with van der Waals surface area (Å²) in [5.74, 6) is -0.804. The molecule has 0 atom stereocenters. The smallest absolute Gasteiger partial charge is 0.291 e. The summed E-state index contributed by atoms with van der Waals surface area (Å²) in [6.45, 7) is 3.64. The van der Waals surface area contributed by atoms with Gasteiger partial charge < -0.3 is 15.1 Å². The van der Waals surface area contributed by atoms with E-state index in [9.17, 15) is 18.0 Å². The Balaban J connectivity index is 1.62. The van der Waals surface area contributed by atoms with E-state index < -0.39 is 15.9 Å². The van der Waals surface area contributed by atoms with E-state index in [1.807, 2.05) is 0 Å². The van der Waals surface area contributed by atoms with Gasteiger partial charge in [-0.1, -0.05) is 24.3 Å². The molecule has 0 aliphatic heterocycles. The van der Waals surface area contributed by atoms with E-state index in [0.29, 0.717) is 22.5 Å². The number of rotatable bonds is 9. The zero-order valence-electron chi connectivity index (χ0n) is 16.5. The minimum atomic E-state index is -3.46. The second kappa shape index (κ2) is 9.88. The molecule has 3 aromatic rings. The lowest BCUT2D eigenvalue weighted by molar-refractivity contribution is 0.0993. The average molecular weight is 439 g/mol. The molecule has 0 aliphatic rings. The summed E-state index contributed by atoms with van der Waals surface area (Å²) in [4.78, 5) is 24.6. The molecule has 0 fully saturated rings. The highest BCUT2D eigenvalue weighted by Gasteiger charge is 2.13. The van der Waals surface area contributed by atoms with Crippen molar-refractivity contribution in [3.05, 3.63) is 96.5 Å². The van der Waals surface area contributed by atoms with Crippen LogP contribution in [0.1, 0.15) is 26.5 Å². The molecular weight excluding hydrogens is 418 g/mol. The zero-order valence-corrected chi connectivity index (χ0v) is 17.3. The van der Waals surface area contributed by atoms with Gasteiger partial charge in [0, 0.05) is 23.5 Å². The maximum atomic E-state index is 12.6. The second-order valence-corrected chi connectivity index (χ2v) is 8.37. The highest BCUT2D eigenvalue weighted by Crippen LogP contribution is 2.16. The molecule has 31 heavy (non-hydrogen) atoms. The molecule has 3 N–H and O–H groups in total. The lowest BCUT2D eigenvalue weighted by atomic mass is 10.1. The van der Waals surface area contributed by atoms with Gasteiger partial charge in [-0.15, -0.1) is 6.58 Å². The van der Waals surface area contributed by atoms with Gasteiger partial charge in [-0.05, 0) is 48.0 Å².